The Morgan fingerprint density at radius 2 is 0.984 bits per heavy atom. The van der Waals surface area contributed by atoms with Crippen LogP contribution in [0, 0.1) is 0 Å². The van der Waals surface area contributed by atoms with Crippen LogP contribution in [-0.4, -0.2) is 47.3 Å². The molecule has 0 aliphatic carbocycles. The van der Waals surface area contributed by atoms with Crippen LogP contribution in [-0.2, 0) is 25.1 Å². The van der Waals surface area contributed by atoms with Gasteiger partial charge < -0.3 is 21.3 Å². The third-order valence-electron chi connectivity index (χ3n) is 9.23. The van der Waals surface area contributed by atoms with Crippen molar-refractivity contribution in [2.24, 2.45) is 20.5 Å². The zero-order valence-corrected chi connectivity index (χ0v) is 38.2. The van der Waals surface area contributed by atoms with E-state index in [2.05, 4.69) is 41.7 Å². The molecule has 0 aliphatic rings. The molecule has 4 amide bonds. The Hall–Kier alpha value is -6.03. The van der Waals surface area contributed by atoms with Crippen LogP contribution in [0.5, 0.6) is 0 Å². The Morgan fingerprint density at radius 3 is 1.41 bits per heavy atom. The summed E-state index contributed by atoms with van der Waals surface area (Å²) in [4.78, 5) is 78.1. The van der Waals surface area contributed by atoms with Gasteiger partial charge >= 0.3 is 0 Å². The molecular weight excluding hydrogens is 926 g/mol. The smallest absolute Gasteiger partial charge is 0.258 e. The van der Waals surface area contributed by atoms with Gasteiger partial charge in [-0.3, -0.25) is 28.8 Å². The quantitative estimate of drug-likeness (QED) is 0.0406. The fourth-order valence-corrected chi connectivity index (χ4v) is 6.59. The second-order valence-corrected chi connectivity index (χ2v) is 16.6. The highest BCUT2D eigenvalue weighted by Gasteiger charge is 2.26. The molecule has 19 heteroatoms. The summed E-state index contributed by atoms with van der Waals surface area (Å²) in [6.45, 7) is 5.93. The maximum Gasteiger partial charge on any atom is 0.258 e. The van der Waals surface area contributed by atoms with Gasteiger partial charge in [0.1, 0.15) is 11.4 Å². The highest BCUT2D eigenvalue weighted by atomic mass is 35.5. The van der Waals surface area contributed by atoms with E-state index in [1.165, 1.54) is 54.6 Å². The number of azo groups is 2. The molecule has 14 nitrogen and oxygen atoms in total. The molecule has 0 fully saturated rings. The Balaban J connectivity index is 1.25. The van der Waals surface area contributed by atoms with Gasteiger partial charge in [-0.05, 0) is 123 Å². The van der Waals surface area contributed by atoms with Gasteiger partial charge in [0.25, 0.3) is 23.6 Å². The van der Waals surface area contributed by atoms with E-state index in [0.717, 1.165) is 25.0 Å². The summed E-state index contributed by atoms with van der Waals surface area (Å²) in [7, 11) is 0. The van der Waals surface area contributed by atoms with Gasteiger partial charge in [-0.1, -0.05) is 47.5 Å². The molecule has 0 spiro atoms. The van der Waals surface area contributed by atoms with E-state index in [4.69, 9.17) is 58.0 Å². The van der Waals surface area contributed by atoms with E-state index < -0.39 is 47.3 Å². The highest BCUT2D eigenvalue weighted by molar-refractivity contribution is 6.33. The first-order valence-corrected chi connectivity index (χ1v) is 21.4. The number of Topliss-reactive ketones (excluding diaryl/α,β-unsaturated/α-hetero) is 2. The van der Waals surface area contributed by atoms with Crippen molar-refractivity contribution in [1.29, 1.82) is 0 Å². The molecule has 4 unspecified atom stereocenters. The van der Waals surface area contributed by atoms with Crippen LogP contribution in [0.4, 0.5) is 34.1 Å². The first-order valence-electron chi connectivity index (χ1n) is 19.3. The highest BCUT2D eigenvalue weighted by Crippen LogP contribution is 2.31. The lowest BCUT2D eigenvalue weighted by Gasteiger charge is -2.15. The molecule has 0 aliphatic heterocycles. The summed E-state index contributed by atoms with van der Waals surface area (Å²) >= 11 is 31.2. The first-order chi connectivity index (χ1) is 30.4. The van der Waals surface area contributed by atoms with Crippen molar-refractivity contribution in [3.05, 3.63) is 141 Å². The predicted octanol–water partition coefficient (Wildman–Crippen LogP) is 12.2. The number of rotatable bonds is 17. The van der Waals surface area contributed by atoms with Crippen molar-refractivity contribution in [3.8, 4) is 0 Å². The van der Waals surface area contributed by atoms with Gasteiger partial charge in [-0.2, -0.15) is 20.5 Å². The van der Waals surface area contributed by atoms with E-state index in [0.29, 0.717) is 16.9 Å². The van der Waals surface area contributed by atoms with E-state index in [9.17, 15) is 28.8 Å². The lowest BCUT2D eigenvalue weighted by atomic mass is 10.1. The molecule has 0 aromatic heterocycles. The number of carbonyl (C=O) groups is 6. The number of ketones is 2. The largest absolute Gasteiger partial charge is 0.324 e. The molecule has 330 valence electrons. The number of carbonyl (C=O) groups excluding carboxylic acids is 6. The Kier molecular flexibility index (Phi) is 17.3. The fourth-order valence-electron chi connectivity index (χ4n) is 5.79. The molecule has 5 rings (SSSR count). The number of nitrogens with one attached hydrogen (secondary N) is 4. The van der Waals surface area contributed by atoms with Crippen molar-refractivity contribution in [2.45, 2.75) is 56.4 Å². The van der Waals surface area contributed by atoms with Crippen molar-refractivity contribution >= 4 is 127 Å². The fraction of sp³-hybridized carbons (Fsp3) is 0.200. The summed E-state index contributed by atoms with van der Waals surface area (Å²) in [6.07, 6.45) is 0. The van der Waals surface area contributed by atoms with Crippen LogP contribution in [0.1, 0.15) is 75.9 Å². The summed E-state index contributed by atoms with van der Waals surface area (Å²) in [5.74, 6) is -4.10. The lowest BCUT2D eigenvalue weighted by molar-refractivity contribution is -0.127. The van der Waals surface area contributed by atoms with Gasteiger partial charge in [0, 0.05) is 39.8 Å². The van der Waals surface area contributed by atoms with Gasteiger partial charge in [-0.25, -0.2) is 0 Å². The van der Waals surface area contributed by atoms with Gasteiger partial charge in [-0.15, -0.1) is 34.8 Å². The van der Waals surface area contributed by atoms with Crippen molar-refractivity contribution in [1.82, 2.24) is 0 Å². The van der Waals surface area contributed by atoms with Crippen LogP contribution in [0.25, 0.3) is 0 Å². The second-order valence-electron chi connectivity index (χ2n) is 14.2. The number of benzene rings is 5. The maximum absolute atomic E-state index is 13.4. The molecule has 5 aromatic rings. The molecule has 0 saturated heterocycles. The molecular formula is C45H39Cl5N8O6. The molecule has 0 saturated carbocycles. The van der Waals surface area contributed by atoms with Crippen molar-refractivity contribution in [2.75, 3.05) is 21.3 Å². The normalized spacial score (nSPS) is 13.1. The zero-order valence-electron chi connectivity index (χ0n) is 34.5. The molecule has 4 atom stereocenters. The first kappa shape index (κ1) is 49.0. The van der Waals surface area contributed by atoms with Crippen LogP contribution in [0.2, 0.25) is 10.0 Å². The summed E-state index contributed by atoms with van der Waals surface area (Å²) in [6, 6.07) is 23.7. The minimum atomic E-state index is -1.63. The number of hydrogen-bond acceptors (Lipinski definition) is 10. The van der Waals surface area contributed by atoms with Gasteiger partial charge in [0.05, 0.1) is 20.8 Å². The van der Waals surface area contributed by atoms with Crippen LogP contribution in [0.3, 0.4) is 0 Å². The van der Waals surface area contributed by atoms with Crippen LogP contribution < -0.4 is 21.3 Å². The summed E-state index contributed by atoms with van der Waals surface area (Å²) < 4.78 is 0. The minimum Gasteiger partial charge on any atom is -0.324 e. The molecule has 5 aromatic carbocycles. The standard InChI is InChI=1S/C45H39Cl5N8O6/c1-23(47)27-7-5-9-32(17-27)51-42(61)29-11-14-35(49)38(20-29)55-57-40(25(3)59)44(63)53-34-13-16-37(31(19-34)22-46)54-45(64)41(26(4)60)58-56-39-21-30(12-15-36(39)50)43(62)52-33-10-6-8-28(18-33)24(2)48/h5-21,23-24,40-41H,22H2,1-4H3,(H,51,61)(H,52,62)(H,53,63)(H,54,64). The van der Waals surface area contributed by atoms with E-state index in [-0.39, 0.29) is 60.6 Å². The third-order valence-corrected chi connectivity index (χ3v) is 10.7. The number of halogens is 5. The number of amides is 4. The average molecular weight is 965 g/mol. The van der Waals surface area contributed by atoms with Gasteiger partial charge in [0.2, 0.25) is 12.1 Å². The number of anilines is 4. The predicted molar refractivity (Wildman–Crippen MR) is 251 cm³/mol. The van der Waals surface area contributed by atoms with Crippen LogP contribution >= 0.6 is 58.0 Å². The van der Waals surface area contributed by atoms with Crippen molar-refractivity contribution < 1.29 is 28.8 Å². The molecule has 64 heavy (non-hydrogen) atoms. The lowest BCUT2D eigenvalue weighted by Crippen LogP contribution is -2.32. The Labute approximate surface area is 393 Å². The van der Waals surface area contributed by atoms with E-state index in [1.807, 2.05) is 26.0 Å². The summed E-state index contributed by atoms with van der Waals surface area (Å²) in [5, 5.41) is 26.4. The minimum absolute atomic E-state index is 0.0285. The maximum atomic E-state index is 13.4. The average Bonchev–Trinajstić information content (AvgIpc) is 3.25. The number of hydrogen-bond donors (Lipinski definition) is 4. The molecule has 4 N–H and O–H groups in total. The van der Waals surface area contributed by atoms with E-state index in [1.54, 1.807) is 36.4 Å². The monoisotopic (exact) mass is 962 g/mol. The topological polar surface area (TPSA) is 200 Å². The SMILES string of the molecule is CC(=O)C(N=Nc1cc(C(=O)Nc2cccc(C(C)Cl)c2)ccc1Cl)C(=O)Nc1ccc(NC(=O)C(N=Nc2cc(C(=O)Nc3cccc(C(C)Cl)c3)ccc2Cl)C(C)=O)c(CCl)c1. The number of nitrogens with zero attached hydrogens (tertiary/aromatic N) is 4. The third kappa shape index (κ3) is 13.3. The van der Waals surface area contributed by atoms with E-state index >= 15 is 0 Å². The second kappa shape index (κ2) is 22.5. The van der Waals surface area contributed by atoms with Crippen LogP contribution in [0.15, 0.2) is 124 Å². The molecule has 0 radical (unpaired) electrons. The Morgan fingerprint density at radius 1 is 0.547 bits per heavy atom. The van der Waals surface area contributed by atoms with Crippen molar-refractivity contribution in [3.63, 3.8) is 0 Å². The summed E-state index contributed by atoms with van der Waals surface area (Å²) in [5.41, 5.74) is 3.79. The molecule has 0 bridgehead atoms. The van der Waals surface area contributed by atoms with Gasteiger partial charge in [0.15, 0.2) is 11.6 Å². The molecule has 0 heterocycles. The zero-order chi connectivity index (χ0) is 46.7. The Bertz CT molecular complexity index is 2670. The number of alkyl halides is 3.